The van der Waals surface area contributed by atoms with E-state index in [1.807, 2.05) is 25.1 Å². The molecule has 0 amide bonds. The van der Waals surface area contributed by atoms with Crippen LogP contribution < -0.4 is 11.1 Å². The largest absolute Gasteiger partial charge is 0.397 e. The Morgan fingerprint density at radius 2 is 2.31 bits per heavy atom. The first-order valence-corrected chi connectivity index (χ1v) is 5.20. The highest BCUT2D eigenvalue weighted by molar-refractivity contribution is 5.69. The van der Waals surface area contributed by atoms with Gasteiger partial charge in [-0.1, -0.05) is 12.1 Å². The van der Waals surface area contributed by atoms with Crippen molar-refractivity contribution in [3.05, 3.63) is 35.9 Å². The zero-order chi connectivity index (χ0) is 11.4. The minimum atomic E-state index is 0.781. The number of nitrogen functional groups attached to an aromatic ring is 1. The number of benzene rings is 1. The van der Waals surface area contributed by atoms with Gasteiger partial charge in [0.15, 0.2) is 0 Å². The minimum absolute atomic E-state index is 0.781. The van der Waals surface area contributed by atoms with Gasteiger partial charge in [-0.2, -0.15) is 5.10 Å². The van der Waals surface area contributed by atoms with Crippen LogP contribution in [0.15, 0.2) is 24.5 Å². The summed E-state index contributed by atoms with van der Waals surface area (Å²) in [5.41, 5.74) is 8.81. The Balaban J connectivity index is 1.92. The molecule has 5 heteroatoms. The van der Waals surface area contributed by atoms with E-state index in [1.165, 1.54) is 6.33 Å². The van der Waals surface area contributed by atoms with E-state index in [-0.39, 0.29) is 0 Å². The van der Waals surface area contributed by atoms with Gasteiger partial charge in [0.1, 0.15) is 12.2 Å². The van der Waals surface area contributed by atoms with Crippen molar-refractivity contribution in [1.82, 2.24) is 15.2 Å². The van der Waals surface area contributed by atoms with Crippen LogP contribution in [0.4, 0.5) is 11.4 Å². The third kappa shape index (κ3) is 2.31. The summed E-state index contributed by atoms with van der Waals surface area (Å²) in [5.74, 6) is 0.874. The van der Waals surface area contributed by atoms with E-state index < -0.39 is 0 Å². The SMILES string of the molecule is Cc1cccc(NCCc2ncn[nH]2)c1N. The third-order valence-electron chi connectivity index (χ3n) is 2.47. The second-order valence-electron chi connectivity index (χ2n) is 3.65. The zero-order valence-corrected chi connectivity index (χ0v) is 9.20. The minimum Gasteiger partial charge on any atom is -0.397 e. The first kappa shape index (κ1) is 10.5. The van der Waals surface area contributed by atoms with Crippen LogP contribution >= 0.6 is 0 Å². The summed E-state index contributed by atoms with van der Waals surface area (Å²) < 4.78 is 0. The van der Waals surface area contributed by atoms with Crippen molar-refractivity contribution in [2.24, 2.45) is 0 Å². The van der Waals surface area contributed by atoms with Gasteiger partial charge >= 0.3 is 0 Å². The molecule has 0 radical (unpaired) electrons. The molecule has 0 saturated heterocycles. The van der Waals surface area contributed by atoms with E-state index in [2.05, 4.69) is 20.5 Å². The molecule has 0 spiro atoms. The standard InChI is InChI=1S/C11H15N5/c1-8-3-2-4-9(11(8)12)13-6-5-10-14-7-15-16-10/h2-4,7,13H,5-6,12H2,1H3,(H,14,15,16). The average Bonchev–Trinajstić information content (AvgIpc) is 2.77. The predicted molar refractivity (Wildman–Crippen MR) is 64.2 cm³/mol. The van der Waals surface area contributed by atoms with Crippen LogP contribution in [0, 0.1) is 6.92 Å². The van der Waals surface area contributed by atoms with Gasteiger partial charge in [0.2, 0.25) is 0 Å². The lowest BCUT2D eigenvalue weighted by Gasteiger charge is -2.10. The fourth-order valence-corrected chi connectivity index (χ4v) is 1.50. The van der Waals surface area contributed by atoms with E-state index in [0.717, 1.165) is 35.7 Å². The summed E-state index contributed by atoms with van der Waals surface area (Å²) in [6.45, 7) is 2.78. The molecule has 84 valence electrons. The lowest BCUT2D eigenvalue weighted by Crippen LogP contribution is -2.08. The van der Waals surface area contributed by atoms with Gasteiger partial charge in [-0.05, 0) is 18.6 Å². The van der Waals surface area contributed by atoms with E-state index in [9.17, 15) is 0 Å². The number of nitrogens with one attached hydrogen (secondary N) is 2. The van der Waals surface area contributed by atoms with Crippen molar-refractivity contribution in [2.75, 3.05) is 17.6 Å². The van der Waals surface area contributed by atoms with Crippen molar-refractivity contribution >= 4 is 11.4 Å². The molecule has 1 aromatic heterocycles. The second-order valence-corrected chi connectivity index (χ2v) is 3.65. The van der Waals surface area contributed by atoms with E-state index in [4.69, 9.17) is 5.73 Å². The number of aromatic amines is 1. The number of nitrogens with two attached hydrogens (primary N) is 1. The maximum atomic E-state index is 5.94. The lowest BCUT2D eigenvalue weighted by molar-refractivity contribution is 0.901. The van der Waals surface area contributed by atoms with Crippen LogP contribution in [-0.4, -0.2) is 21.7 Å². The number of hydrogen-bond acceptors (Lipinski definition) is 4. The predicted octanol–water partition coefficient (Wildman–Crippen LogP) is 1.35. The summed E-state index contributed by atoms with van der Waals surface area (Å²) >= 11 is 0. The monoisotopic (exact) mass is 217 g/mol. The summed E-state index contributed by atoms with van der Waals surface area (Å²) in [6.07, 6.45) is 2.31. The third-order valence-corrected chi connectivity index (χ3v) is 2.47. The molecule has 0 fully saturated rings. The Hall–Kier alpha value is -2.04. The number of nitrogens with zero attached hydrogens (tertiary/aromatic N) is 2. The molecule has 0 unspecified atom stereocenters. The highest BCUT2D eigenvalue weighted by atomic mass is 15.2. The van der Waals surface area contributed by atoms with Crippen molar-refractivity contribution in [1.29, 1.82) is 0 Å². The summed E-state index contributed by atoms with van der Waals surface area (Å²) in [7, 11) is 0. The number of rotatable bonds is 4. The fourth-order valence-electron chi connectivity index (χ4n) is 1.50. The van der Waals surface area contributed by atoms with Gasteiger partial charge in [-0.15, -0.1) is 0 Å². The number of H-pyrrole nitrogens is 1. The molecule has 0 saturated carbocycles. The molecule has 0 aliphatic carbocycles. The van der Waals surface area contributed by atoms with Gasteiger partial charge in [-0.25, -0.2) is 4.98 Å². The highest BCUT2D eigenvalue weighted by Gasteiger charge is 2.01. The lowest BCUT2D eigenvalue weighted by atomic mass is 10.1. The molecule has 1 heterocycles. The zero-order valence-electron chi connectivity index (χ0n) is 9.20. The van der Waals surface area contributed by atoms with Crippen LogP contribution in [0.25, 0.3) is 0 Å². The first-order chi connectivity index (χ1) is 7.77. The number of hydrogen-bond donors (Lipinski definition) is 3. The molecular weight excluding hydrogens is 202 g/mol. The Morgan fingerprint density at radius 3 is 3.06 bits per heavy atom. The van der Waals surface area contributed by atoms with E-state index >= 15 is 0 Å². The smallest absolute Gasteiger partial charge is 0.137 e. The molecule has 1 aromatic carbocycles. The Labute approximate surface area is 94.1 Å². The van der Waals surface area contributed by atoms with Crippen molar-refractivity contribution in [3.8, 4) is 0 Å². The number of para-hydroxylation sites is 1. The van der Waals surface area contributed by atoms with Gasteiger partial charge in [0.05, 0.1) is 11.4 Å². The van der Waals surface area contributed by atoms with E-state index in [0.29, 0.717) is 0 Å². The average molecular weight is 217 g/mol. The molecule has 0 aliphatic rings. The molecule has 4 N–H and O–H groups in total. The van der Waals surface area contributed by atoms with Crippen LogP contribution in [0.3, 0.4) is 0 Å². The Bertz CT molecular complexity index is 449. The molecule has 16 heavy (non-hydrogen) atoms. The number of aromatic nitrogens is 3. The molecule has 5 nitrogen and oxygen atoms in total. The van der Waals surface area contributed by atoms with Crippen LogP contribution in [-0.2, 0) is 6.42 Å². The Morgan fingerprint density at radius 1 is 1.44 bits per heavy atom. The van der Waals surface area contributed by atoms with Crippen LogP contribution in [0.1, 0.15) is 11.4 Å². The maximum Gasteiger partial charge on any atom is 0.137 e. The maximum absolute atomic E-state index is 5.94. The van der Waals surface area contributed by atoms with Crippen LogP contribution in [0.5, 0.6) is 0 Å². The summed E-state index contributed by atoms with van der Waals surface area (Å²) in [6, 6.07) is 5.96. The number of aryl methyl sites for hydroxylation is 1. The molecule has 0 atom stereocenters. The van der Waals surface area contributed by atoms with Crippen molar-refractivity contribution in [3.63, 3.8) is 0 Å². The quantitative estimate of drug-likeness (QED) is 0.675. The van der Waals surface area contributed by atoms with Gasteiger partial charge in [0, 0.05) is 13.0 Å². The highest BCUT2D eigenvalue weighted by Crippen LogP contribution is 2.21. The summed E-state index contributed by atoms with van der Waals surface area (Å²) in [5, 5.41) is 9.89. The second kappa shape index (κ2) is 4.65. The first-order valence-electron chi connectivity index (χ1n) is 5.20. The van der Waals surface area contributed by atoms with Gasteiger partial charge in [-0.3, -0.25) is 5.10 Å². The molecular formula is C11H15N5. The normalized spacial score (nSPS) is 10.3. The fraction of sp³-hybridized carbons (Fsp3) is 0.273. The molecule has 0 bridgehead atoms. The van der Waals surface area contributed by atoms with E-state index in [1.54, 1.807) is 0 Å². The molecule has 2 aromatic rings. The van der Waals surface area contributed by atoms with Crippen molar-refractivity contribution in [2.45, 2.75) is 13.3 Å². The van der Waals surface area contributed by atoms with Gasteiger partial charge in [0.25, 0.3) is 0 Å². The Kier molecular flexibility index (Phi) is 3.05. The van der Waals surface area contributed by atoms with Crippen molar-refractivity contribution < 1.29 is 0 Å². The summed E-state index contributed by atoms with van der Waals surface area (Å²) in [4.78, 5) is 4.05. The molecule has 2 rings (SSSR count). The molecule has 0 aliphatic heterocycles. The van der Waals surface area contributed by atoms with Crippen LogP contribution in [0.2, 0.25) is 0 Å². The van der Waals surface area contributed by atoms with Gasteiger partial charge < -0.3 is 11.1 Å². The topological polar surface area (TPSA) is 79.6 Å². The number of anilines is 2.